The van der Waals surface area contributed by atoms with Gasteiger partial charge in [-0.05, 0) is 51.5 Å². The van der Waals surface area contributed by atoms with Crippen LogP contribution >= 0.6 is 7.75 Å². The Morgan fingerprint density at radius 2 is 2.03 bits per heavy atom. The molecule has 0 saturated carbocycles. The summed E-state index contributed by atoms with van der Waals surface area (Å²) < 4.78 is 51.0. The summed E-state index contributed by atoms with van der Waals surface area (Å²) in [4.78, 5) is 25.7. The van der Waals surface area contributed by atoms with E-state index in [-0.39, 0.29) is 12.2 Å². The number of carbonyl (C=O) groups is 2. The Bertz CT molecular complexity index is 1050. The van der Waals surface area contributed by atoms with Crippen LogP contribution in [0.2, 0.25) is 0 Å². The largest absolute Gasteiger partial charge is 0.462 e. The van der Waals surface area contributed by atoms with Gasteiger partial charge in [0.1, 0.15) is 24.0 Å². The highest BCUT2D eigenvalue weighted by atomic mass is 31.2. The molecule has 2 aliphatic rings. The van der Waals surface area contributed by atoms with Crippen LogP contribution in [0, 0.1) is 0 Å². The quantitative estimate of drug-likeness (QED) is 0.349. The molecular formula is C24H32FN2O8P. The van der Waals surface area contributed by atoms with Gasteiger partial charge in [0, 0.05) is 6.20 Å². The van der Waals surface area contributed by atoms with Crippen molar-refractivity contribution in [1.29, 1.82) is 0 Å². The van der Waals surface area contributed by atoms with Crippen molar-refractivity contribution in [2.75, 3.05) is 6.61 Å². The van der Waals surface area contributed by atoms with Crippen molar-refractivity contribution in [1.82, 2.24) is 9.99 Å². The molecular weight excluding hydrogens is 494 g/mol. The highest BCUT2D eigenvalue weighted by Crippen LogP contribution is 2.46. The molecule has 1 aromatic rings. The van der Waals surface area contributed by atoms with Crippen LogP contribution < -0.4 is 9.61 Å². The van der Waals surface area contributed by atoms with Gasteiger partial charge >= 0.3 is 13.7 Å². The number of nitrogens with one attached hydrogen (secondary N) is 1. The Labute approximate surface area is 209 Å². The first-order valence-electron chi connectivity index (χ1n) is 11.5. The topological polar surface area (TPSA) is 124 Å². The van der Waals surface area contributed by atoms with Crippen LogP contribution in [0.3, 0.4) is 0 Å². The maximum atomic E-state index is 15.5. The fraction of sp³-hybridized carbons (Fsp3) is 0.500. The maximum absolute atomic E-state index is 15.5. The second-order valence-corrected chi connectivity index (χ2v) is 10.8. The molecule has 2 N–H and O–H groups in total. The number of ether oxygens (including phenoxy) is 2. The molecule has 0 radical (unpaired) electrons. The van der Waals surface area contributed by atoms with E-state index in [2.05, 4.69) is 11.7 Å². The first kappa shape index (κ1) is 28.0. The average Bonchev–Trinajstić information content (AvgIpc) is 3.01. The number of alkyl halides is 1. The van der Waals surface area contributed by atoms with Crippen LogP contribution in [-0.4, -0.2) is 64.7 Å². The predicted octanol–water partition coefficient (Wildman–Crippen LogP) is 3.24. The number of aliphatic hydroxyl groups excluding tert-OH is 1. The van der Waals surface area contributed by atoms with Crippen LogP contribution in [0.5, 0.6) is 5.75 Å². The lowest BCUT2D eigenvalue weighted by molar-refractivity contribution is -0.149. The Morgan fingerprint density at radius 1 is 1.36 bits per heavy atom. The van der Waals surface area contributed by atoms with Gasteiger partial charge in [-0.25, -0.2) is 8.96 Å². The molecule has 0 unspecified atom stereocenters. The minimum atomic E-state index is -4.26. The van der Waals surface area contributed by atoms with E-state index in [0.717, 1.165) is 11.8 Å². The van der Waals surface area contributed by atoms with Gasteiger partial charge in [-0.2, -0.15) is 5.09 Å². The third-order valence-electron chi connectivity index (χ3n) is 5.54. The lowest BCUT2D eigenvalue weighted by Gasteiger charge is -2.33. The minimum Gasteiger partial charge on any atom is -0.462 e. The maximum Gasteiger partial charge on any atom is 0.459 e. The SMILES string of the molecule is C=C1C=CN([C@@H]2O[C@H](CO[P@](=O)(N[C@@H](C)C(=O)OC(C)C)Oc3ccccc3)[C@@H](O)[C@@]2(C)F)C(=O)C1. The van der Waals surface area contributed by atoms with Crippen LogP contribution in [-0.2, 0) is 28.2 Å². The molecule has 1 aromatic carbocycles. The van der Waals surface area contributed by atoms with Crippen LogP contribution in [0.4, 0.5) is 4.39 Å². The summed E-state index contributed by atoms with van der Waals surface area (Å²) in [6, 6.07) is 7.01. The zero-order chi connectivity index (χ0) is 26.7. The van der Waals surface area contributed by atoms with E-state index in [4.69, 9.17) is 18.5 Å². The van der Waals surface area contributed by atoms with Gasteiger partial charge in [-0.3, -0.25) is 19.0 Å². The summed E-state index contributed by atoms with van der Waals surface area (Å²) in [6.07, 6.45) is -1.98. The van der Waals surface area contributed by atoms with Crippen LogP contribution in [0.15, 0.2) is 54.8 Å². The number of esters is 1. The number of allylic oxidation sites excluding steroid dienone is 1. The molecule has 3 rings (SSSR count). The van der Waals surface area contributed by atoms with Gasteiger partial charge in [-0.15, -0.1) is 0 Å². The molecule has 10 nitrogen and oxygen atoms in total. The number of rotatable bonds is 10. The average molecular weight is 526 g/mol. The molecule has 2 heterocycles. The normalized spacial score (nSPS) is 28.8. The van der Waals surface area contributed by atoms with Crippen molar-refractivity contribution in [3.8, 4) is 5.75 Å². The summed E-state index contributed by atoms with van der Waals surface area (Å²) in [5.74, 6) is -0.943. The smallest absolute Gasteiger partial charge is 0.459 e. The van der Waals surface area contributed by atoms with E-state index < -0.39 is 62.5 Å². The van der Waals surface area contributed by atoms with E-state index in [1.807, 2.05) is 0 Å². The predicted molar refractivity (Wildman–Crippen MR) is 128 cm³/mol. The Hall–Kier alpha value is -2.56. The molecule has 12 heteroatoms. The van der Waals surface area contributed by atoms with Crippen molar-refractivity contribution in [3.63, 3.8) is 0 Å². The van der Waals surface area contributed by atoms with E-state index in [0.29, 0.717) is 5.57 Å². The van der Waals surface area contributed by atoms with Gasteiger partial charge in [0.2, 0.25) is 5.91 Å². The standard InChI is InChI=1S/C24H32FN2O8P/c1-15(2)33-22(30)17(4)26-36(31,35-18-9-7-6-8-10-18)32-14-19-21(29)24(5,25)23(34-19)27-12-11-16(3)13-20(27)28/h6-12,15,17,19,21,23,29H,3,13-14H2,1-2,4-5H3,(H,26,31)/t17-,19+,21+,23+,24+,36+/m0/s1. The summed E-state index contributed by atoms with van der Waals surface area (Å²) in [5.41, 5.74) is -1.80. The first-order chi connectivity index (χ1) is 16.8. The number of aliphatic hydroxyl groups is 1. The Morgan fingerprint density at radius 3 is 2.64 bits per heavy atom. The summed E-state index contributed by atoms with van der Waals surface area (Å²) in [7, 11) is -4.26. The van der Waals surface area contributed by atoms with E-state index in [1.165, 1.54) is 25.3 Å². The molecule has 1 saturated heterocycles. The van der Waals surface area contributed by atoms with Gasteiger partial charge in [0.25, 0.3) is 0 Å². The van der Waals surface area contributed by atoms with E-state index in [1.54, 1.807) is 38.1 Å². The fourth-order valence-electron chi connectivity index (χ4n) is 3.68. The molecule has 1 fully saturated rings. The summed E-state index contributed by atoms with van der Waals surface area (Å²) >= 11 is 0. The Kier molecular flexibility index (Phi) is 8.74. The van der Waals surface area contributed by atoms with Gasteiger partial charge in [-0.1, -0.05) is 24.8 Å². The zero-order valence-corrected chi connectivity index (χ0v) is 21.5. The molecule has 0 spiro atoms. The highest BCUT2D eigenvalue weighted by Gasteiger charge is 2.57. The molecule has 0 aliphatic carbocycles. The van der Waals surface area contributed by atoms with Crippen LogP contribution in [0.25, 0.3) is 0 Å². The number of hydrogen-bond acceptors (Lipinski definition) is 8. The van der Waals surface area contributed by atoms with Crippen molar-refractivity contribution < 1.29 is 42.2 Å². The van der Waals surface area contributed by atoms with Crippen molar-refractivity contribution in [2.24, 2.45) is 0 Å². The number of para-hydroxylation sites is 1. The van der Waals surface area contributed by atoms with Crippen molar-refractivity contribution >= 4 is 19.6 Å². The van der Waals surface area contributed by atoms with E-state index in [9.17, 15) is 19.3 Å². The number of halogens is 1. The van der Waals surface area contributed by atoms with E-state index >= 15 is 4.39 Å². The molecule has 0 bridgehead atoms. The second kappa shape index (κ2) is 11.2. The molecule has 36 heavy (non-hydrogen) atoms. The number of amides is 1. The van der Waals surface area contributed by atoms with Gasteiger partial charge in [0.15, 0.2) is 11.9 Å². The number of hydrogen-bond donors (Lipinski definition) is 2. The number of benzene rings is 1. The second-order valence-electron chi connectivity index (χ2n) is 9.11. The fourth-order valence-corrected chi connectivity index (χ4v) is 5.18. The van der Waals surface area contributed by atoms with Crippen molar-refractivity contribution in [2.45, 2.75) is 70.4 Å². The highest BCUT2D eigenvalue weighted by molar-refractivity contribution is 7.52. The monoisotopic (exact) mass is 526 g/mol. The third-order valence-corrected chi connectivity index (χ3v) is 7.19. The first-order valence-corrected chi connectivity index (χ1v) is 13.0. The molecule has 0 aromatic heterocycles. The third kappa shape index (κ3) is 6.60. The van der Waals surface area contributed by atoms with Crippen LogP contribution in [0.1, 0.15) is 34.1 Å². The van der Waals surface area contributed by atoms with Gasteiger partial charge in [0.05, 0.1) is 19.1 Å². The van der Waals surface area contributed by atoms with Crippen molar-refractivity contribution in [3.05, 3.63) is 54.8 Å². The minimum absolute atomic E-state index is 0.0158. The molecule has 1 amide bonds. The summed E-state index contributed by atoms with van der Waals surface area (Å²) in [5, 5.41) is 13.1. The zero-order valence-electron chi connectivity index (χ0n) is 20.6. The Balaban J connectivity index is 1.76. The van der Waals surface area contributed by atoms with Gasteiger partial charge < -0.3 is 19.1 Å². The lowest BCUT2D eigenvalue weighted by atomic mass is 9.97. The number of nitrogens with zero attached hydrogens (tertiary/aromatic N) is 1. The molecule has 2 aliphatic heterocycles. The number of carbonyl (C=O) groups excluding carboxylic acids is 2. The summed E-state index contributed by atoms with van der Waals surface area (Å²) in [6.45, 7) is 9.01. The lowest BCUT2D eigenvalue weighted by Crippen LogP contribution is -2.51. The molecule has 6 atom stereocenters. The molecule has 198 valence electrons.